The molecule has 1 aromatic carbocycles. The van der Waals surface area contributed by atoms with Gasteiger partial charge in [0.2, 0.25) is 5.91 Å². The second-order valence-electron chi connectivity index (χ2n) is 3.83. The molecule has 0 spiro atoms. The standard InChI is InChI=1S/C11H13FN2O/c12-10-6-9(13)2-1-7(10)5-8-3-4-14-11(8)15/h1-2,6,8H,3-5,13H2,(H,14,15). The molecule has 1 aliphatic rings. The summed E-state index contributed by atoms with van der Waals surface area (Å²) >= 11 is 0. The molecule has 1 amide bonds. The molecule has 4 heteroatoms. The third-order valence-electron chi connectivity index (χ3n) is 2.71. The summed E-state index contributed by atoms with van der Waals surface area (Å²) in [5.74, 6) is -0.399. The van der Waals surface area contributed by atoms with Crippen molar-refractivity contribution in [1.82, 2.24) is 5.32 Å². The van der Waals surface area contributed by atoms with Gasteiger partial charge in [0.1, 0.15) is 5.82 Å². The van der Waals surface area contributed by atoms with Crippen molar-refractivity contribution < 1.29 is 9.18 Å². The second kappa shape index (κ2) is 3.88. The Balaban J connectivity index is 2.13. The molecule has 1 aromatic rings. The van der Waals surface area contributed by atoms with E-state index in [0.717, 1.165) is 6.42 Å². The molecule has 80 valence electrons. The average Bonchev–Trinajstić information content (AvgIpc) is 2.57. The number of nitrogen functional groups attached to an aromatic ring is 1. The lowest BCUT2D eigenvalue weighted by atomic mass is 9.97. The van der Waals surface area contributed by atoms with Gasteiger partial charge in [-0.3, -0.25) is 4.79 Å². The molecule has 0 radical (unpaired) electrons. The van der Waals surface area contributed by atoms with Gasteiger partial charge in [-0.15, -0.1) is 0 Å². The maximum atomic E-state index is 13.4. The van der Waals surface area contributed by atoms with Crippen LogP contribution in [0.3, 0.4) is 0 Å². The van der Waals surface area contributed by atoms with E-state index < -0.39 is 0 Å². The van der Waals surface area contributed by atoms with Crippen molar-refractivity contribution in [3.63, 3.8) is 0 Å². The summed E-state index contributed by atoms with van der Waals surface area (Å²) < 4.78 is 13.4. The summed E-state index contributed by atoms with van der Waals surface area (Å²) in [5, 5.41) is 2.73. The quantitative estimate of drug-likeness (QED) is 0.715. The predicted molar refractivity (Wildman–Crippen MR) is 55.6 cm³/mol. The number of carbonyl (C=O) groups excluding carboxylic acids is 1. The molecule has 15 heavy (non-hydrogen) atoms. The highest BCUT2D eigenvalue weighted by Gasteiger charge is 2.24. The molecule has 1 unspecified atom stereocenters. The monoisotopic (exact) mass is 208 g/mol. The van der Waals surface area contributed by atoms with E-state index >= 15 is 0 Å². The van der Waals surface area contributed by atoms with E-state index in [-0.39, 0.29) is 17.6 Å². The molecule has 2 rings (SSSR count). The van der Waals surface area contributed by atoms with Crippen molar-refractivity contribution in [2.75, 3.05) is 12.3 Å². The van der Waals surface area contributed by atoms with Gasteiger partial charge in [0.05, 0.1) is 0 Å². The first kappa shape index (κ1) is 9.96. The van der Waals surface area contributed by atoms with E-state index in [9.17, 15) is 9.18 Å². The maximum Gasteiger partial charge on any atom is 0.223 e. The Labute approximate surface area is 87.5 Å². The Bertz CT molecular complexity index is 392. The van der Waals surface area contributed by atoms with Gasteiger partial charge in [0.25, 0.3) is 0 Å². The summed E-state index contributed by atoms with van der Waals surface area (Å²) in [5.41, 5.74) is 6.41. The van der Waals surface area contributed by atoms with Gasteiger partial charge in [-0.25, -0.2) is 4.39 Å². The van der Waals surface area contributed by atoms with Crippen LogP contribution in [0.1, 0.15) is 12.0 Å². The van der Waals surface area contributed by atoms with Crippen LogP contribution in [0, 0.1) is 11.7 Å². The van der Waals surface area contributed by atoms with E-state index in [4.69, 9.17) is 5.73 Å². The Kier molecular flexibility index (Phi) is 2.58. The number of nitrogens with two attached hydrogens (primary N) is 1. The van der Waals surface area contributed by atoms with Gasteiger partial charge < -0.3 is 11.1 Å². The van der Waals surface area contributed by atoms with Crippen LogP contribution in [0.15, 0.2) is 18.2 Å². The lowest BCUT2D eigenvalue weighted by Gasteiger charge is -2.08. The van der Waals surface area contributed by atoms with E-state index in [1.165, 1.54) is 6.07 Å². The van der Waals surface area contributed by atoms with Crippen LogP contribution in [-0.4, -0.2) is 12.5 Å². The number of anilines is 1. The fourth-order valence-corrected chi connectivity index (χ4v) is 1.83. The van der Waals surface area contributed by atoms with Crippen LogP contribution in [0.5, 0.6) is 0 Å². The van der Waals surface area contributed by atoms with Crippen LogP contribution >= 0.6 is 0 Å². The molecular weight excluding hydrogens is 195 g/mol. The van der Waals surface area contributed by atoms with Crippen LogP contribution in [0.25, 0.3) is 0 Å². The average molecular weight is 208 g/mol. The van der Waals surface area contributed by atoms with Crippen molar-refractivity contribution in [2.45, 2.75) is 12.8 Å². The fourth-order valence-electron chi connectivity index (χ4n) is 1.83. The van der Waals surface area contributed by atoms with E-state index in [2.05, 4.69) is 5.32 Å². The normalized spacial score (nSPS) is 20.3. The molecule has 0 bridgehead atoms. The number of carbonyl (C=O) groups is 1. The largest absolute Gasteiger partial charge is 0.399 e. The Morgan fingerprint density at radius 1 is 1.53 bits per heavy atom. The van der Waals surface area contributed by atoms with Crippen molar-refractivity contribution in [3.05, 3.63) is 29.6 Å². The minimum absolute atomic E-state index is 0.0197. The molecule has 1 saturated heterocycles. The minimum Gasteiger partial charge on any atom is -0.399 e. The third-order valence-corrected chi connectivity index (χ3v) is 2.71. The van der Waals surface area contributed by atoms with Crippen molar-refractivity contribution in [3.8, 4) is 0 Å². The highest BCUT2D eigenvalue weighted by Crippen LogP contribution is 2.20. The Hall–Kier alpha value is -1.58. The number of benzene rings is 1. The van der Waals surface area contributed by atoms with Gasteiger partial charge in [-0.05, 0) is 30.5 Å². The zero-order valence-electron chi connectivity index (χ0n) is 8.29. The second-order valence-corrected chi connectivity index (χ2v) is 3.83. The van der Waals surface area contributed by atoms with Crippen LogP contribution in [0.4, 0.5) is 10.1 Å². The molecule has 1 fully saturated rings. The molecule has 1 heterocycles. The topological polar surface area (TPSA) is 55.1 Å². The molecule has 0 saturated carbocycles. The van der Waals surface area contributed by atoms with Gasteiger partial charge in [0, 0.05) is 18.2 Å². The minimum atomic E-state index is -0.324. The van der Waals surface area contributed by atoms with Crippen molar-refractivity contribution >= 4 is 11.6 Å². The first-order valence-corrected chi connectivity index (χ1v) is 4.98. The lowest BCUT2D eigenvalue weighted by molar-refractivity contribution is -0.122. The van der Waals surface area contributed by atoms with E-state index in [1.807, 2.05) is 0 Å². The van der Waals surface area contributed by atoms with E-state index in [1.54, 1.807) is 12.1 Å². The third kappa shape index (κ3) is 2.09. The summed E-state index contributed by atoms with van der Waals surface area (Å²) in [4.78, 5) is 11.3. The highest BCUT2D eigenvalue weighted by molar-refractivity contribution is 5.80. The number of hydrogen-bond donors (Lipinski definition) is 2. The zero-order chi connectivity index (χ0) is 10.8. The summed E-state index contributed by atoms with van der Waals surface area (Å²) in [6, 6.07) is 4.60. The SMILES string of the molecule is Nc1ccc(CC2CCNC2=O)c(F)c1. The zero-order valence-corrected chi connectivity index (χ0v) is 8.29. The summed E-state index contributed by atoms with van der Waals surface area (Å²) in [7, 11) is 0. The number of nitrogens with one attached hydrogen (secondary N) is 1. The van der Waals surface area contributed by atoms with Crippen LogP contribution < -0.4 is 11.1 Å². The van der Waals surface area contributed by atoms with Crippen LogP contribution in [-0.2, 0) is 11.2 Å². The number of amides is 1. The van der Waals surface area contributed by atoms with E-state index in [0.29, 0.717) is 24.2 Å². The Morgan fingerprint density at radius 3 is 2.93 bits per heavy atom. The van der Waals surface area contributed by atoms with Gasteiger partial charge in [0.15, 0.2) is 0 Å². The van der Waals surface area contributed by atoms with Gasteiger partial charge >= 0.3 is 0 Å². The molecule has 3 N–H and O–H groups in total. The number of rotatable bonds is 2. The lowest BCUT2D eigenvalue weighted by Crippen LogP contribution is -2.20. The van der Waals surface area contributed by atoms with Crippen molar-refractivity contribution in [2.24, 2.45) is 5.92 Å². The molecular formula is C11H13FN2O. The summed E-state index contributed by atoms with van der Waals surface area (Å²) in [6.45, 7) is 0.695. The van der Waals surface area contributed by atoms with Gasteiger partial charge in [-0.2, -0.15) is 0 Å². The number of halogens is 1. The highest BCUT2D eigenvalue weighted by atomic mass is 19.1. The predicted octanol–water partition coefficient (Wildman–Crippen LogP) is 1.09. The van der Waals surface area contributed by atoms with Crippen molar-refractivity contribution in [1.29, 1.82) is 0 Å². The number of hydrogen-bond acceptors (Lipinski definition) is 2. The molecule has 3 nitrogen and oxygen atoms in total. The molecule has 1 atom stereocenters. The first-order chi connectivity index (χ1) is 7.16. The molecule has 1 aliphatic heterocycles. The summed E-state index contributed by atoms with van der Waals surface area (Å²) in [6.07, 6.45) is 1.24. The smallest absolute Gasteiger partial charge is 0.223 e. The van der Waals surface area contributed by atoms with Crippen LogP contribution in [0.2, 0.25) is 0 Å². The molecule has 0 aromatic heterocycles. The Morgan fingerprint density at radius 2 is 2.33 bits per heavy atom. The maximum absolute atomic E-state index is 13.4. The van der Waals surface area contributed by atoms with Gasteiger partial charge in [-0.1, -0.05) is 6.07 Å². The fraction of sp³-hybridized carbons (Fsp3) is 0.364. The first-order valence-electron chi connectivity index (χ1n) is 4.98. The molecule has 0 aliphatic carbocycles.